The van der Waals surface area contributed by atoms with E-state index < -0.39 is 0 Å². The molecule has 0 amide bonds. The van der Waals surface area contributed by atoms with Crippen LogP contribution in [-0.2, 0) is 4.74 Å². The summed E-state index contributed by atoms with van der Waals surface area (Å²) in [5, 5.41) is 9.74. The van der Waals surface area contributed by atoms with Crippen molar-refractivity contribution in [2.24, 2.45) is 0 Å². The number of aromatic hydroxyl groups is 1. The molecular weight excluding hydrogens is 296 g/mol. The summed E-state index contributed by atoms with van der Waals surface area (Å²) >= 11 is 5.18. The van der Waals surface area contributed by atoms with Gasteiger partial charge in [-0.2, -0.15) is 0 Å². The Bertz CT molecular complexity index is 567. The number of phenolic OH excluding ortho intramolecular Hbond substituents is 1. The molecule has 0 spiro atoms. The fourth-order valence-electron chi connectivity index (χ4n) is 1.41. The highest BCUT2D eigenvalue weighted by atomic mass is 33.1. The fraction of sp³-hybridized carbons (Fsp3) is 0.0714. The second-order valence-electron chi connectivity index (χ2n) is 3.65. The van der Waals surface area contributed by atoms with Gasteiger partial charge in [0.25, 0.3) is 0 Å². The maximum atomic E-state index is 9.24. The Labute approximate surface area is 125 Å². The molecule has 0 radical (unpaired) electrons. The van der Waals surface area contributed by atoms with Crippen LogP contribution in [0.2, 0.25) is 0 Å². The van der Waals surface area contributed by atoms with E-state index >= 15 is 0 Å². The molecule has 0 fully saturated rings. The molecule has 2 aromatic rings. The SMILES string of the molecule is COC(=S)c1ccccc1SSc1ccc(O)cc1. The third-order valence-electron chi connectivity index (χ3n) is 2.36. The molecule has 19 heavy (non-hydrogen) atoms. The fourth-order valence-corrected chi connectivity index (χ4v) is 3.80. The van der Waals surface area contributed by atoms with Crippen molar-refractivity contribution in [3.63, 3.8) is 0 Å². The van der Waals surface area contributed by atoms with Crippen LogP contribution >= 0.6 is 33.8 Å². The largest absolute Gasteiger partial charge is 0.508 e. The van der Waals surface area contributed by atoms with Crippen LogP contribution < -0.4 is 0 Å². The van der Waals surface area contributed by atoms with Crippen LogP contribution in [0.3, 0.4) is 0 Å². The molecule has 0 saturated carbocycles. The van der Waals surface area contributed by atoms with Crippen molar-refractivity contribution in [2.75, 3.05) is 7.11 Å². The lowest BCUT2D eigenvalue weighted by Crippen LogP contribution is -2.00. The first-order valence-corrected chi connectivity index (χ1v) is 8.07. The van der Waals surface area contributed by atoms with E-state index in [1.807, 2.05) is 36.4 Å². The highest BCUT2D eigenvalue weighted by molar-refractivity contribution is 8.76. The zero-order chi connectivity index (χ0) is 13.7. The van der Waals surface area contributed by atoms with E-state index in [2.05, 4.69) is 0 Å². The summed E-state index contributed by atoms with van der Waals surface area (Å²) in [6.07, 6.45) is 0. The molecule has 0 atom stereocenters. The van der Waals surface area contributed by atoms with Crippen molar-refractivity contribution in [2.45, 2.75) is 9.79 Å². The zero-order valence-corrected chi connectivity index (χ0v) is 12.6. The van der Waals surface area contributed by atoms with Gasteiger partial charge in [-0.05, 0) is 48.6 Å². The molecule has 0 aromatic heterocycles. The molecule has 98 valence electrons. The number of hydrogen-bond donors (Lipinski definition) is 1. The standard InChI is InChI=1S/C14H12O2S3/c1-16-14(17)12-4-2-3-5-13(12)19-18-11-8-6-10(15)7-9-11/h2-9,15H,1H3. The summed E-state index contributed by atoms with van der Waals surface area (Å²) in [6.45, 7) is 0. The zero-order valence-electron chi connectivity index (χ0n) is 10.2. The van der Waals surface area contributed by atoms with Gasteiger partial charge < -0.3 is 9.84 Å². The molecular formula is C14H12O2S3. The minimum atomic E-state index is 0.273. The van der Waals surface area contributed by atoms with Gasteiger partial charge in [0.05, 0.1) is 7.11 Å². The van der Waals surface area contributed by atoms with Crippen LogP contribution in [0.25, 0.3) is 0 Å². The van der Waals surface area contributed by atoms with E-state index in [0.717, 1.165) is 15.4 Å². The Morgan fingerprint density at radius 3 is 2.42 bits per heavy atom. The van der Waals surface area contributed by atoms with Crippen LogP contribution in [0.15, 0.2) is 58.3 Å². The van der Waals surface area contributed by atoms with E-state index in [9.17, 15) is 5.11 Å². The molecule has 0 unspecified atom stereocenters. The van der Waals surface area contributed by atoms with Gasteiger partial charge in [0.2, 0.25) is 0 Å². The topological polar surface area (TPSA) is 29.5 Å². The summed E-state index contributed by atoms with van der Waals surface area (Å²) < 4.78 is 5.12. The van der Waals surface area contributed by atoms with E-state index in [0.29, 0.717) is 5.05 Å². The van der Waals surface area contributed by atoms with Gasteiger partial charge >= 0.3 is 0 Å². The van der Waals surface area contributed by atoms with E-state index in [-0.39, 0.29) is 5.75 Å². The highest BCUT2D eigenvalue weighted by Gasteiger charge is 2.08. The van der Waals surface area contributed by atoms with Crippen LogP contribution in [0, 0.1) is 0 Å². The average molecular weight is 308 g/mol. The second-order valence-corrected chi connectivity index (χ2v) is 6.26. The minimum Gasteiger partial charge on any atom is -0.508 e. The number of phenols is 1. The van der Waals surface area contributed by atoms with Crippen molar-refractivity contribution in [3.8, 4) is 5.75 Å². The van der Waals surface area contributed by atoms with Crippen LogP contribution in [0.5, 0.6) is 5.75 Å². The van der Waals surface area contributed by atoms with Gasteiger partial charge in [-0.15, -0.1) is 0 Å². The third kappa shape index (κ3) is 3.89. The number of methoxy groups -OCH3 is 1. The van der Waals surface area contributed by atoms with Crippen molar-refractivity contribution in [1.82, 2.24) is 0 Å². The maximum absolute atomic E-state index is 9.24. The average Bonchev–Trinajstić information content (AvgIpc) is 2.46. The van der Waals surface area contributed by atoms with Gasteiger partial charge in [-0.1, -0.05) is 33.7 Å². The minimum absolute atomic E-state index is 0.273. The molecule has 2 rings (SSSR count). The van der Waals surface area contributed by atoms with Crippen molar-refractivity contribution >= 4 is 38.9 Å². The van der Waals surface area contributed by atoms with Crippen molar-refractivity contribution < 1.29 is 9.84 Å². The summed E-state index contributed by atoms with van der Waals surface area (Å²) in [4.78, 5) is 2.13. The molecule has 0 saturated heterocycles. The molecule has 0 bridgehead atoms. The number of thiocarbonyl (C=S) groups is 1. The first kappa shape index (κ1) is 14.2. The number of ether oxygens (including phenoxy) is 1. The lowest BCUT2D eigenvalue weighted by Gasteiger charge is -2.08. The smallest absolute Gasteiger partial charge is 0.192 e. The number of benzene rings is 2. The molecule has 0 heterocycles. The van der Waals surface area contributed by atoms with Crippen molar-refractivity contribution in [1.29, 1.82) is 0 Å². The highest BCUT2D eigenvalue weighted by Crippen LogP contribution is 2.39. The third-order valence-corrected chi connectivity index (χ3v) is 5.19. The molecule has 5 heteroatoms. The van der Waals surface area contributed by atoms with Gasteiger partial charge in [0.1, 0.15) is 5.75 Å². The summed E-state index contributed by atoms with van der Waals surface area (Å²) in [6, 6.07) is 15.0. The van der Waals surface area contributed by atoms with Crippen LogP contribution in [0.1, 0.15) is 5.56 Å². The Morgan fingerprint density at radius 2 is 1.74 bits per heavy atom. The van der Waals surface area contributed by atoms with Crippen LogP contribution in [0.4, 0.5) is 0 Å². The number of hydrogen-bond acceptors (Lipinski definition) is 5. The Balaban J connectivity index is 2.11. The molecule has 2 aromatic carbocycles. The normalized spacial score (nSPS) is 10.2. The summed E-state index contributed by atoms with van der Waals surface area (Å²) in [7, 11) is 4.81. The Kier molecular flexibility index (Phi) is 5.13. The Morgan fingerprint density at radius 1 is 1.05 bits per heavy atom. The predicted octanol–water partition coefficient (Wildman–Crippen LogP) is 4.51. The monoisotopic (exact) mass is 308 g/mol. The quantitative estimate of drug-likeness (QED) is 0.663. The molecule has 1 N–H and O–H groups in total. The van der Waals surface area contributed by atoms with Gasteiger partial charge in [-0.25, -0.2) is 0 Å². The van der Waals surface area contributed by atoms with Crippen LogP contribution in [-0.4, -0.2) is 17.3 Å². The first-order chi connectivity index (χ1) is 9.20. The second kappa shape index (κ2) is 6.84. The molecule has 0 aliphatic carbocycles. The molecule has 0 aliphatic rings. The summed E-state index contributed by atoms with van der Waals surface area (Å²) in [5.41, 5.74) is 0.927. The van der Waals surface area contributed by atoms with Gasteiger partial charge in [-0.3, -0.25) is 0 Å². The first-order valence-electron chi connectivity index (χ1n) is 5.51. The Hall–Kier alpha value is -1.17. The summed E-state index contributed by atoms with van der Waals surface area (Å²) in [5.74, 6) is 0.273. The van der Waals surface area contributed by atoms with E-state index in [1.54, 1.807) is 40.8 Å². The number of rotatable bonds is 4. The van der Waals surface area contributed by atoms with E-state index in [4.69, 9.17) is 17.0 Å². The lowest BCUT2D eigenvalue weighted by atomic mass is 10.2. The maximum Gasteiger partial charge on any atom is 0.192 e. The predicted molar refractivity (Wildman–Crippen MR) is 85.0 cm³/mol. The molecule has 2 nitrogen and oxygen atoms in total. The van der Waals surface area contributed by atoms with E-state index in [1.165, 1.54) is 0 Å². The lowest BCUT2D eigenvalue weighted by molar-refractivity contribution is 0.415. The van der Waals surface area contributed by atoms with Gasteiger partial charge in [0, 0.05) is 15.4 Å². The van der Waals surface area contributed by atoms with Crippen molar-refractivity contribution in [3.05, 3.63) is 54.1 Å². The molecule has 0 aliphatic heterocycles. The van der Waals surface area contributed by atoms with Gasteiger partial charge in [0.15, 0.2) is 5.05 Å².